The number of hydrogen-bond acceptors (Lipinski definition) is 2. The van der Waals surface area contributed by atoms with Crippen LogP contribution >= 0.6 is 12.2 Å². The van der Waals surface area contributed by atoms with E-state index in [1.54, 1.807) is 0 Å². The van der Waals surface area contributed by atoms with E-state index >= 15 is 0 Å². The summed E-state index contributed by atoms with van der Waals surface area (Å²) in [4.78, 5) is 14.4. The number of likely N-dealkylation sites (tertiary alicyclic amines) is 1. The van der Waals surface area contributed by atoms with Gasteiger partial charge in [-0.05, 0) is 61.7 Å². The highest BCUT2D eigenvalue weighted by Gasteiger charge is 2.22. The fourth-order valence-corrected chi connectivity index (χ4v) is 3.66. The highest BCUT2D eigenvalue weighted by Crippen LogP contribution is 2.15. The molecule has 2 aromatic carbocycles. The minimum absolute atomic E-state index is 0.137. The smallest absolute Gasteiger partial charge is 0.220 e. The summed E-state index contributed by atoms with van der Waals surface area (Å²) in [5.41, 5.74) is 3.44. The number of thiocarbonyl (C=S) groups is 1. The molecule has 0 bridgehead atoms. The maximum Gasteiger partial charge on any atom is 0.220 e. The van der Waals surface area contributed by atoms with Crippen molar-refractivity contribution in [2.24, 2.45) is 0 Å². The number of piperidine rings is 1. The molecule has 4 nitrogen and oxygen atoms in total. The van der Waals surface area contributed by atoms with Crippen molar-refractivity contribution < 1.29 is 4.79 Å². The molecule has 2 aromatic rings. The molecular formula is C22H27N3OS. The number of carbonyl (C=O) groups excluding carboxylic acids is 1. The summed E-state index contributed by atoms with van der Waals surface area (Å²) < 4.78 is 0. The van der Waals surface area contributed by atoms with Crippen LogP contribution in [-0.4, -0.2) is 35.1 Å². The summed E-state index contributed by atoms with van der Waals surface area (Å²) in [7, 11) is 0. The average Bonchev–Trinajstić information content (AvgIpc) is 2.68. The number of anilines is 1. The van der Waals surface area contributed by atoms with Crippen LogP contribution in [0.15, 0.2) is 54.6 Å². The van der Waals surface area contributed by atoms with Gasteiger partial charge in [-0.1, -0.05) is 42.5 Å². The zero-order valence-electron chi connectivity index (χ0n) is 15.8. The second-order valence-electron chi connectivity index (χ2n) is 7.11. The van der Waals surface area contributed by atoms with Crippen LogP contribution in [0.5, 0.6) is 0 Å². The van der Waals surface area contributed by atoms with E-state index in [2.05, 4.69) is 46.7 Å². The molecule has 1 amide bonds. The van der Waals surface area contributed by atoms with Gasteiger partial charge in [-0.25, -0.2) is 0 Å². The Bertz CT molecular complexity index is 770. The Balaban J connectivity index is 1.39. The van der Waals surface area contributed by atoms with Crippen LogP contribution in [-0.2, 0) is 11.2 Å². The predicted molar refractivity (Wildman–Crippen MR) is 115 cm³/mol. The van der Waals surface area contributed by atoms with Crippen molar-refractivity contribution in [2.45, 2.75) is 38.6 Å². The number of rotatable bonds is 5. The van der Waals surface area contributed by atoms with Crippen molar-refractivity contribution in [3.05, 3.63) is 65.7 Å². The zero-order valence-corrected chi connectivity index (χ0v) is 16.6. The summed E-state index contributed by atoms with van der Waals surface area (Å²) in [6, 6.07) is 18.6. The van der Waals surface area contributed by atoms with E-state index in [0.717, 1.165) is 43.2 Å². The first-order chi connectivity index (χ1) is 13.1. The Labute approximate surface area is 167 Å². The SMILES string of the molecule is Cc1cccc(NC(=S)N2CCC(NC(=O)CCc3ccccc3)CC2)c1. The second-order valence-corrected chi connectivity index (χ2v) is 7.50. The highest BCUT2D eigenvalue weighted by molar-refractivity contribution is 7.80. The van der Waals surface area contributed by atoms with E-state index < -0.39 is 0 Å². The fraction of sp³-hybridized carbons (Fsp3) is 0.364. The number of hydrogen-bond donors (Lipinski definition) is 2. The molecular weight excluding hydrogens is 354 g/mol. The van der Waals surface area contributed by atoms with E-state index in [-0.39, 0.29) is 11.9 Å². The number of nitrogens with one attached hydrogen (secondary N) is 2. The van der Waals surface area contributed by atoms with Crippen molar-refractivity contribution >= 4 is 28.9 Å². The molecule has 2 N–H and O–H groups in total. The summed E-state index contributed by atoms with van der Waals surface area (Å²) in [5, 5.41) is 7.25. The molecule has 3 rings (SSSR count). The molecule has 142 valence electrons. The van der Waals surface area contributed by atoms with Crippen molar-refractivity contribution in [3.8, 4) is 0 Å². The van der Waals surface area contributed by atoms with Gasteiger partial charge in [0.25, 0.3) is 0 Å². The van der Waals surface area contributed by atoms with E-state index in [9.17, 15) is 4.79 Å². The summed E-state index contributed by atoms with van der Waals surface area (Å²) >= 11 is 5.55. The van der Waals surface area contributed by atoms with Crippen LogP contribution in [0.25, 0.3) is 0 Å². The highest BCUT2D eigenvalue weighted by atomic mass is 32.1. The molecule has 0 aliphatic carbocycles. The number of carbonyl (C=O) groups is 1. The Kier molecular flexibility index (Phi) is 6.82. The third-order valence-corrected chi connectivity index (χ3v) is 5.26. The summed E-state index contributed by atoms with van der Waals surface area (Å²) in [6.45, 7) is 3.79. The van der Waals surface area contributed by atoms with Gasteiger partial charge in [-0.3, -0.25) is 4.79 Å². The van der Waals surface area contributed by atoms with Gasteiger partial charge in [-0.2, -0.15) is 0 Å². The van der Waals surface area contributed by atoms with Gasteiger partial charge in [-0.15, -0.1) is 0 Å². The third kappa shape index (κ3) is 6.07. The maximum atomic E-state index is 12.2. The minimum atomic E-state index is 0.137. The Hall–Kier alpha value is -2.40. The van der Waals surface area contributed by atoms with Crippen LogP contribution in [0.4, 0.5) is 5.69 Å². The number of amides is 1. The van der Waals surface area contributed by atoms with Crippen molar-refractivity contribution in [3.63, 3.8) is 0 Å². The largest absolute Gasteiger partial charge is 0.353 e. The van der Waals surface area contributed by atoms with Gasteiger partial charge < -0.3 is 15.5 Å². The second kappa shape index (κ2) is 9.51. The molecule has 0 atom stereocenters. The zero-order chi connectivity index (χ0) is 19.1. The molecule has 5 heteroatoms. The molecule has 1 aliphatic heterocycles. The van der Waals surface area contributed by atoms with Gasteiger partial charge in [0, 0.05) is 31.2 Å². The normalized spacial score (nSPS) is 14.6. The predicted octanol–water partition coefficient (Wildman–Crippen LogP) is 3.91. The molecule has 1 heterocycles. The summed E-state index contributed by atoms with van der Waals surface area (Å²) in [5.74, 6) is 0.137. The van der Waals surface area contributed by atoms with Crippen LogP contribution in [0.2, 0.25) is 0 Å². The van der Waals surface area contributed by atoms with Crippen LogP contribution in [0.1, 0.15) is 30.4 Å². The number of benzene rings is 2. The molecule has 0 radical (unpaired) electrons. The molecule has 0 aromatic heterocycles. The van der Waals surface area contributed by atoms with Crippen LogP contribution < -0.4 is 10.6 Å². The van der Waals surface area contributed by atoms with Crippen LogP contribution in [0.3, 0.4) is 0 Å². The molecule has 0 unspecified atom stereocenters. The lowest BCUT2D eigenvalue weighted by atomic mass is 10.0. The molecule has 0 saturated carbocycles. The molecule has 1 aliphatic rings. The average molecular weight is 382 g/mol. The minimum Gasteiger partial charge on any atom is -0.353 e. The van der Waals surface area contributed by atoms with E-state index in [0.29, 0.717) is 6.42 Å². The first-order valence-corrected chi connectivity index (χ1v) is 9.97. The first-order valence-electron chi connectivity index (χ1n) is 9.56. The van der Waals surface area contributed by atoms with Gasteiger partial charge >= 0.3 is 0 Å². The number of nitrogens with zero attached hydrogens (tertiary/aromatic N) is 1. The standard InChI is InChI=1S/C22H27N3OS/c1-17-6-5-9-20(16-17)24-22(27)25-14-12-19(13-15-25)23-21(26)11-10-18-7-3-2-4-8-18/h2-9,16,19H,10-15H2,1H3,(H,23,26)(H,24,27). The molecule has 27 heavy (non-hydrogen) atoms. The van der Waals surface area contributed by atoms with Crippen molar-refractivity contribution in [1.82, 2.24) is 10.2 Å². The van der Waals surface area contributed by atoms with Crippen LogP contribution in [0, 0.1) is 6.92 Å². The molecule has 1 fully saturated rings. The fourth-order valence-electron chi connectivity index (χ4n) is 3.35. The first kappa shape index (κ1) is 19.4. The van der Waals surface area contributed by atoms with Gasteiger partial charge in [0.2, 0.25) is 5.91 Å². The lowest BCUT2D eigenvalue weighted by molar-refractivity contribution is -0.122. The van der Waals surface area contributed by atoms with E-state index in [1.807, 2.05) is 30.3 Å². The summed E-state index contributed by atoms with van der Waals surface area (Å²) in [6.07, 6.45) is 3.17. The quantitative estimate of drug-likeness (QED) is 0.771. The lowest BCUT2D eigenvalue weighted by Gasteiger charge is -2.34. The van der Waals surface area contributed by atoms with Gasteiger partial charge in [0.1, 0.15) is 0 Å². The number of aryl methyl sites for hydroxylation is 2. The van der Waals surface area contributed by atoms with Gasteiger partial charge in [0.15, 0.2) is 5.11 Å². The molecule has 0 spiro atoms. The maximum absolute atomic E-state index is 12.2. The van der Waals surface area contributed by atoms with Crippen molar-refractivity contribution in [2.75, 3.05) is 18.4 Å². The Morgan fingerprint density at radius 1 is 1.11 bits per heavy atom. The topological polar surface area (TPSA) is 44.4 Å². The Morgan fingerprint density at radius 2 is 1.85 bits per heavy atom. The third-order valence-electron chi connectivity index (χ3n) is 4.90. The lowest BCUT2D eigenvalue weighted by Crippen LogP contribution is -2.47. The molecule has 1 saturated heterocycles. The Morgan fingerprint density at radius 3 is 2.56 bits per heavy atom. The van der Waals surface area contributed by atoms with Crippen molar-refractivity contribution in [1.29, 1.82) is 0 Å². The monoisotopic (exact) mass is 381 g/mol. The van der Waals surface area contributed by atoms with E-state index in [1.165, 1.54) is 11.1 Å². The van der Waals surface area contributed by atoms with Gasteiger partial charge in [0.05, 0.1) is 0 Å². The van der Waals surface area contributed by atoms with E-state index in [4.69, 9.17) is 12.2 Å².